The summed E-state index contributed by atoms with van der Waals surface area (Å²) in [5.41, 5.74) is 0.519. The number of nitrogens with one attached hydrogen (secondary N) is 1. The molecule has 0 aliphatic rings. The van der Waals surface area contributed by atoms with Crippen molar-refractivity contribution in [3.05, 3.63) is 23.9 Å². The maximum Gasteiger partial charge on any atom is 0.338 e. The van der Waals surface area contributed by atoms with Crippen molar-refractivity contribution in [3.63, 3.8) is 0 Å². The molecule has 0 aromatic carbocycles. The molecule has 0 atom stereocenters. The van der Waals surface area contributed by atoms with Crippen LogP contribution in [0.5, 0.6) is 0 Å². The van der Waals surface area contributed by atoms with Gasteiger partial charge in [0.15, 0.2) is 0 Å². The average Bonchev–Trinajstić information content (AvgIpc) is 2.37. The third-order valence-corrected chi connectivity index (χ3v) is 3.41. The lowest BCUT2D eigenvalue weighted by molar-refractivity contribution is 0.0600. The van der Waals surface area contributed by atoms with Gasteiger partial charge in [0.25, 0.3) is 0 Å². The number of aromatic nitrogens is 1. The van der Waals surface area contributed by atoms with Gasteiger partial charge in [-0.25, -0.2) is 9.78 Å². The van der Waals surface area contributed by atoms with Gasteiger partial charge >= 0.3 is 5.97 Å². The van der Waals surface area contributed by atoms with Crippen molar-refractivity contribution in [1.29, 1.82) is 0 Å². The number of hydrogen-bond acceptors (Lipinski definition) is 4. The number of methoxy groups -OCH3 is 1. The molecule has 1 aromatic rings. The molecule has 106 valence electrons. The highest BCUT2D eigenvalue weighted by Gasteiger charge is 2.17. The van der Waals surface area contributed by atoms with Gasteiger partial charge in [0.05, 0.1) is 12.7 Å². The van der Waals surface area contributed by atoms with Gasteiger partial charge in [-0.15, -0.1) is 0 Å². The van der Waals surface area contributed by atoms with E-state index in [0.29, 0.717) is 29.1 Å². The van der Waals surface area contributed by atoms with E-state index in [1.165, 1.54) is 7.11 Å². The highest BCUT2D eigenvalue weighted by Crippen LogP contribution is 2.21. The Morgan fingerprint density at radius 1 is 1.32 bits per heavy atom. The topological polar surface area (TPSA) is 51.2 Å². The number of pyridine rings is 1. The first-order valence-corrected chi connectivity index (χ1v) is 6.74. The molecule has 1 heterocycles. The maximum atomic E-state index is 11.4. The van der Waals surface area contributed by atoms with Crippen molar-refractivity contribution >= 4 is 11.8 Å². The molecule has 0 saturated heterocycles. The number of esters is 1. The summed E-state index contributed by atoms with van der Waals surface area (Å²) in [5.74, 6) is 2.17. The van der Waals surface area contributed by atoms with Crippen molar-refractivity contribution in [1.82, 2.24) is 4.98 Å². The Morgan fingerprint density at radius 2 is 1.95 bits per heavy atom. The number of hydrogen-bond donors (Lipinski definition) is 1. The fraction of sp³-hybridized carbons (Fsp3) is 0.600. The first kappa shape index (κ1) is 15.5. The quantitative estimate of drug-likeness (QED) is 0.802. The van der Waals surface area contributed by atoms with Gasteiger partial charge in [0.2, 0.25) is 0 Å². The highest BCUT2D eigenvalue weighted by atomic mass is 16.5. The molecule has 0 bridgehead atoms. The minimum Gasteiger partial charge on any atom is -0.465 e. The van der Waals surface area contributed by atoms with Gasteiger partial charge < -0.3 is 10.1 Å². The predicted molar refractivity (Wildman–Crippen MR) is 77.2 cm³/mol. The standard InChI is InChI=1S/C15H24N2O2/c1-10(2)13(11(3)4)9-17-14-8-12(6-7-16-14)15(18)19-5/h6-8,10-11,13H,9H2,1-5H3,(H,16,17). The Kier molecular flexibility index (Phi) is 5.80. The van der Waals surface area contributed by atoms with Crippen LogP contribution in [0.4, 0.5) is 5.82 Å². The summed E-state index contributed by atoms with van der Waals surface area (Å²) in [4.78, 5) is 15.7. The Balaban J connectivity index is 2.69. The van der Waals surface area contributed by atoms with Crippen LogP contribution in [0.15, 0.2) is 18.3 Å². The van der Waals surface area contributed by atoms with Crippen molar-refractivity contribution in [2.45, 2.75) is 27.7 Å². The Morgan fingerprint density at radius 3 is 2.47 bits per heavy atom. The molecule has 0 radical (unpaired) electrons. The minimum atomic E-state index is -0.338. The molecule has 0 spiro atoms. The van der Waals surface area contributed by atoms with E-state index in [1.807, 2.05) is 0 Å². The second-order valence-electron chi connectivity index (χ2n) is 5.45. The first-order chi connectivity index (χ1) is 8.95. The predicted octanol–water partition coefficient (Wildman–Crippen LogP) is 3.21. The van der Waals surface area contributed by atoms with Crippen molar-refractivity contribution in [2.24, 2.45) is 17.8 Å². The monoisotopic (exact) mass is 264 g/mol. The summed E-state index contributed by atoms with van der Waals surface area (Å²) in [6.07, 6.45) is 1.62. The van der Waals surface area contributed by atoms with Crippen LogP contribution in [0.25, 0.3) is 0 Å². The van der Waals surface area contributed by atoms with Crippen LogP contribution < -0.4 is 5.32 Å². The van der Waals surface area contributed by atoms with Crippen LogP contribution in [0.2, 0.25) is 0 Å². The molecule has 0 amide bonds. The van der Waals surface area contributed by atoms with Crippen LogP contribution in [0, 0.1) is 17.8 Å². The molecule has 1 rings (SSSR count). The van der Waals surface area contributed by atoms with Crippen LogP contribution in [0.1, 0.15) is 38.1 Å². The second kappa shape index (κ2) is 7.12. The summed E-state index contributed by atoms with van der Waals surface area (Å²) >= 11 is 0. The number of rotatable bonds is 6. The van der Waals surface area contributed by atoms with Crippen LogP contribution >= 0.6 is 0 Å². The lowest BCUT2D eigenvalue weighted by Crippen LogP contribution is -2.24. The molecular formula is C15H24N2O2. The van der Waals surface area contributed by atoms with E-state index in [2.05, 4.69) is 38.0 Å². The lowest BCUT2D eigenvalue weighted by atomic mass is 9.85. The van der Waals surface area contributed by atoms with E-state index < -0.39 is 0 Å². The molecule has 1 aromatic heterocycles. The van der Waals surface area contributed by atoms with E-state index in [0.717, 1.165) is 6.54 Å². The Hall–Kier alpha value is -1.58. The fourth-order valence-electron chi connectivity index (χ4n) is 2.24. The van der Waals surface area contributed by atoms with Gasteiger partial charge in [-0.2, -0.15) is 0 Å². The number of ether oxygens (including phenoxy) is 1. The summed E-state index contributed by atoms with van der Waals surface area (Å²) in [7, 11) is 1.38. The summed E-state index contributed by atoms with van der Waals surface area (Å²) in [6.45, 7) is 9.76. The number of carbonyl (C=O) groups excluding carboxylic acids is 1. The van der Waals surface area contributed by atoms with E-state index >= 15 is 0 Å². The summed E-state index contributed by atoms with van der Waals surface area (Å²) < 4.78 is 4.70. The van der Waals surface area contributed by atoms with E-state index in [9.17, 15) is 4.79 Å². The highest BCUT2D eigenvalue weighted by molar-refractivity contribution is 5.89. The second-order valence-corrected chi connectivity index (χ2v) is 5.45. The van der Waals surface area contributed by atoms with Crippen LogP contribution in [-0.4, -0.2) is 24.6 Å². The Bertz CT molecular complexity index is 408. The van der Waals surface area contributed by atoms with Crippen molar-refractivity contribution in [3.8, 4) is 0 Å². The third-order valence-electron chi connectivity index (χ3n) is 3.41. The van der Waals surface area contributed by atoms with Crippen LogP contribution in [0.3, 0.4) is 0 Å². The molecule has 0 fully saturated rings. The summed E-state index contributed by atoms with van der Waals surface area (Å²) in [6, 6.07) is 3.38. The third kappa shape index (κ3) is 4.54. The first-order valence-electron chi connectivity index (χ1n) is 6.74. The van der Waals surface area contributed by atoms with Gasteiger partial charge in [0, 0.05) is 12.7 Å². The van der Waals surface area contributed by atoms with Gasteiger partial charge in [-0.05, 0) is 29.9 Å². The minimum absolute atomic E-state index is 0.338. The normalized spacial score (nSPS) is 11.2. The molecule has 0 saturated carbocycles. The zero-order chi connectivity index (χ0) is 14.4. The van der Waals surface area contributed by atoms with Gasteiger partial charge in [-0.1, -0.05) is 27.7 Å². The lowest BCUT2D eigenvalue weighted by Gasteiger charge is -2.25. The average molecular weight is 264 g/mol. The molecule has 4 nitrogen and oxygen atoms in total. The van der Waals surface area contributed by atoms with E-state index in [1.54, 1.807) is 18.3 Å². The van der Waals surface area contributed by atoms with Gasteiger partial charge in [0.1, 0.15) is 5.82 Å². The fourth-order valence-corrected chi connectivity index (χ4v) is 2.24. The number of anilines is 1. The molecular weight excluding hydrogens is 240 g/mol. The SMILES string of the molecule is COC(=O)c1ccnc(NCC(C(C)C)C(C)C)c1. The van der Waals surface area contributed by atoms with E-state index in [4.69, 9.17) is 4.74 Å². The Labute approximate surface area is 115 Å². The van der Waals surface area contributed by atoms with Crippen molar-refractivity contribution in [2.75, 3.05) is 19.0 Å². The van der Waals surface area contributed by atoms with E-state index in [-0.39, 0.29) is 5.97 Å². The molecule has 0 aliphatic heterocycles. The zero-order valence-corrected chi connectivity index (χ0v) is 12.4. The molecule has 19 heavy (non-hydrogen) atoms. The van der Waals surface area contributed by atoms with Crippen molar-refractivity contribution < 1.29 is 9.53 Å². The number of nitrogens with zero attached hydrogens (tertiary/aromatic N) is 1. The van der Waals surface area contributed by atoms with Gasteiger partial charge in [-0.3, -0.25) is 0 Å². The molecule has 4 heteroatoms. The number of carbonyl (C=O) groups is 1. The largest absolute Gasteiger partial charge is 0.465 e. The van der Waals surface area contributed by atoms with Crippen LogP contribution in [-0.2, 0) is 4.74 Å². The molecule has 0 unspecified atom stereocenters. The maximum absolute atomic E-state index is 11.4. The molecule has 1 N–H and O–H groups in total. The zero-order valence-electron chi connectivity index (χ0n) is 12.4. The summed E-state index contributed by atoms with van der Waals surface area (Å²) in [5, 5.41) is 3.31. The smallest absolute Gasteiger partial charge is 0.338 e. The molecule has 0 aliphatic carbocycles.